The summed E-state index contributed by atoms with van der Waals surface area (Å²) in [5.74, 6) is -0.400. The Kier molecular flexibility index (Phi) is 4.85. The Labute approximate surface area is 149 Å². The van der Waals surface area contributed by atoms with Gasteiger partial charge in [-0.1, -0.05) is 12.1 Å². The normalized spacial score (nSPS) is 10.2. The molecule has 0 aliphatic rings. The molecule has 0 saturated heterocycles. The molecule has 0 radical (unpaired) electrons. The van der Waals surface area contributed by atoms with Gasteiger partial charge in [0, 0.05) is 11.4 Å². The maximum absolute atomic E-state index is 12.3. The van der Waals surface area contributed by atoms with Crippen molar-refractivity contribution < 1.29 is 19.4 Å². The molecule has 0 unspecified atom stereocenters. The predicted molar refractivity (Wildman–Crippen MR) is 98.7 cm³/mol. The van der Waals surface area contributed by atoms with Crippen LogP contribution in [0.3, 0.4) is 0 Å². The Hall–Kier alpha value is -3.80. The van der Waals surface area contributed by atoms with Gasteiger partial charge in [-0.2, -0.15) is 0 Å². The zero-order chi connectivity index (χ0) is 18.5. The van der Waals surface area contributed by atoms with Crippen LogP contribution in [0.2, 0.25) is 0 Å². The van der Waals surface area contributed by atoms with Gasteiger partial charge < -0.3 is 20.9 Å². The van der Waals surface area contributed by atoms with Gasteiger partial charge in [-0.3, -0.25) is 4.79 Å². The molecule has 0 spiro atoms. The molecule has 0 aliphatic carbocycles. The van der Waals surface area contributed by atoms with E-state index in [1.165, 1.54) is 12.1 Å². The number of hydrogen-bond donors (Lipinski definition) is 3. The van der Waals surface area contributed by atoms with Crippen molar-refractivity contribution >= 4 is 23.3 Å². The Morgan fingerprint density at radius 3 is 1.92 bits per heavy atom. The second-order valence-electron chi connectivity index (χ2n) is 5.50. The number of anilines is 2. The molecule has 0 bridgehead atoms. The molecule has 3 aromatic carbocycles. The Balaban J connectivity index is 1.70. The SMILES string of the molecule is Nc1ccc(Oc2ccc(NC(=O)c3ccccc3C(=O)O)cc2)cc1. The van der Waals surface area contributed by atoms with Crippen LogP contribution < -0.4 is 15.8 Å². The summed E-state index contributed by atoms with van der Waals surface area (Å²) in [5.41, 5.74) is 6.86. The van der Waals surface area contributed by atoms with E-state index in [0.29, 0.717) is 22.9 Å². The molecule has 0 atom stereocenters. The Morgan fingerprint density at radius 2 is 1.35 bits per heavy atom. The highest BCUT2D eigenvalue weighted by atomic mass is 16.5. The molecule has 6 nitrogen and oxygen atoms in total. The molecule has 3 aromatic rings. The lowest BCUT2D eigenvalue weighted by Crippen LogP contribution is -2.16. The fraction of sp³-hybridized carbons (Fsp3) is 0. The highest BCUT2D eigenvalue weighted by Crippen LogP contribution is 2.24. The van der Waals surface area contributed by atoms with Gasteiger partial charge in [-0.15, -0.1) is 0 Å². The van der Waals surface area contributed by atoms with Crippen LogP contribution in [0.4, 0.5) is 11.4 Å². The Morgan fingerprint density at radius 1 is 0.808 bits per heavy atom. The summed E-state index contributed by atoms with van der Waals surface area (Å²) >= 11 is 0. The van der Waals surface area contributed by atoms with Crippen molar-refractivity contribution in [3.63, 3.8) is 0 Å². The molecule has 0 heterocycles. The first kappa shape index (κ1) is 17.0. The van der Waals surface area contributed by atoms with Gasteiger partial charge >= 0.3 is 5.97 Å². The van der Waals surface area contributed by atoms with Crippen LogP contribution >= 0.6 is 0 Å². The van der Waals surface area contributed by atoms with Crippen molar-refractivity contribution in [1.82, 2.24) is 0 Å². The zero-order valence-corrected chi connectivity index (χ0v) is 13.7. The van der Waals surface area contributed by atoms with E-state index in [-0.39, 0.29) is 11.1 Å². The first-order valence-corrected chi connectivity index (χ1v) is 7.80. The average molecular weight is 348 g/mol. The number of hydrogen-bond acceptors (Lipinski definition) is 4. The van der Waals surface area contributed by atoms with Crippen molar-refractivity contribution in [1.29, 1.82) is 0 Å². The summed E-state index contributed by atoms with van der Waals surface area (Å²) in [6, 6.07) is 19.8. The minimum Gasteiger partial charge on any atom is -0.478 e. The van der Waals surface area contributed by atoms with Crippen LogP contribution in [-0.4, -0.2) is 17.0 Å². The molecular weight excluding hydrogens is 332 g/mol. The van der Waals surface area contributed by atoms with Crippen LogP contribution in [0.25, 0.3) is 0 Å². The van der Waals surface area contributed by atoms with E-state index in [2.05, 4.69) is 5.32 Å². The number of rotatable bonds is 5. The lowest BCUT2D eigenvalue weighted by atomic mass is 10.1. The maximum Gasteiger partial charge on any atom is 0.336 e. The number of carboxylic acids is 1. The van der Waals surface area contributed by atoms with E-state index in [4.69, 9.17) is 15.6 Å². The second kappa shape index (κ2) is 7.40. The lowest BCUT2D eigenvalue weighted by Gasteiger charge is -2.09. The number of carboxylic acid groups (broad SMARTS) is 1. The first-order valence-electron chi connectivity index (χ1n) is 7.80. The Bertz CT molecular complexity index is 935. The molecule has 0 aliphatic heterocycles. The summed E-state index contributed by atoms with van der Waals surface area (Å²) in [5, 5.41) is 11.8. The number of nitrogen functional groups attached to an aromatic ring is 1. The summed E-state index contributed by atoms with van der Waals surface area (Å²) in [4.78, 5) is 23.5. The minimum absolute atomic E-state index is 0.0479. The summed E-state index contributed by atoms with van der Waals surface area (Å²) in [6.07, 6.45) is 0. The van der Waals surface area contributed by atoms with Gasteiger partial charge in [0.25, 0.3) is 5.91 Å². The minimum atomic E-state index is -1.15. The number of amides is 1. The van der Waals surface area contributed by atoms with Crippen LogP contribution in [0.15, 0.2) is 72.8 Å². The number of nitrogens with one attached hydrogen (secondary N) is 1. The van der Waals surface area contributed by atoms with E-state index < -0.39 is 11.9 Å². The van der Waals surface area contributed by atoms with Gasteiger partial charge in [0.15, 0.2) is 0 Å². The van der Waals surface area contributed by atoms with Gasteiger partial charge in [0.1, 0.15) is 11.5 Å². The lowest BCUT2D eigenvalue weighted by molar-refractivity contribution is 0.0692. The smallest absolute Gasteiger partial charge is 0.336 e. The number of nitrogens with two attached hydrogens (primary N) is 1. The van der Waals surface area contributed by atoms with Gasteiger partial charge in [0.05, 0.1) is 11.1 Å². The third-order valence-corrected chi connectivity index (χ3v) is 3.63. The van der Waals surface area contributed by atoms with Crippen molar-refractivity contribution in [2.75, 3.05) is 11.1 Å². The fourth-order valence-corrected chi connectivity index (χ4v) is 2.34. The monoisotopic (exact) mass is 348 g/mol. The molecule has 26 heavy (non-hydrogen) atoms. The number of benzene rings is 3. The van der Waals surface area contributed by atoms with Crippen LogP contribution in [0, 0.1) is 0 Å². The fourth-order valence-electron chi connectivity index (χ4n) is 2.34. The first-order chi connectivity index (χ1) is 12.5. The molecule has 0 aromatic heterocycles. The maximum atomic E-state index is 12.3. The topological polar surface area (TPSA) is 102 Å². The van der Waals surface area contributed by atoms with Gasteiger partial charge in [0.2, 0.25) is 0 Å². The quantitative estimate of drug-likeness (QED) is 0.605. The van der Waals surface area contributed by atoms with Gasteiger partial charge in [-0.25, -0.2) is 4.79 Å². The van der Waals surface area contributed by atoms with E-state index in [1.807, 2.05) is 0 Å². The highest BCUT2D eigenvalue weighted by Gasteiger charge is 2.15. The number of ether oxygens (including phenoxy) is 1. The molecule has 3 rings (SSSR count). The van der Waals surface area contributed by atoms with E-state index >= 15 is 0 Å². The summed E-state index contributed by atoms with van der Waals surface area (Å²) < 4.78 is 5.68. The van der Waals surface area contributed by atoms with E-state index in [1.54, 1.807) is 60.7 Å². The second-order valence-corrected chi connectivity index (χ2v) is 5.50. The van der Waals surface area contributed by atoms with Crippen LogP contribution in [0.5, 0.6) is 11.5 Å². The van der Waals surface area contributed by atoms with Crippen molar-refractivity contribution in [3.05, 3.63) is 83.9 Å². The van der Waals surface area contributed by atoms with E-state index in [0.717, 1.165) is 0 Å². The third-order valence-electron chi connectivity index (χ3n) is 3.63. The van der Waals surface area contributed by atoms with Crippen molar-refractivity contribution in [2.45, 2.75) is 0 Å². The van der Waals surface area contributed by atoms with Crippen molar-refractivity contribution in [2.24, 2.45) is 0 Å². The van der Waals surface area contributed by atoms with Gasteiger partial charge in [-0.05, 0) is 60.7 Å². The third kappa shape index (κ3) is 3.99. The molecule has 1 amide bonds. The molecular formula is C20H16N2O4. The largest absolute Gasteiger partial charge is 0.478 e. The zero-order valence-electron chi connectivity index (χ0n) is 13.7. The van der Waals surface area contributed by atoms with Crippen LogP contribution in [0.1, 0.15) is 20.7 Å². The number of aromatic carboxylic acids is 1. The van der Waals surface area contributed by atoms with E-state index in [9.17, 15) is 9.59 Å². The summed E-state index contributed by atoms with van der Waals surface area (Å²) in [7, 11) is 0. The van der Waals surface area contributed by atoms with Crippen LogP contribution in [-0.2, 0) is 0 Å². The van der Waals surface area contributed by atoms with Crippen molar-refractivity contribution in [3.8, 4) is 11.5 Å². The number of carbonyl (C=O) groups is 2. The average Bonchev–Trinajstić information content (AvgIpc) is 2.65. The summed E-state index contributed by atoms with van der Waals surface area (Å²) in [6.45, 7) is 0. The highest BCUT2D eigenvalue weighted by molar-refractivity contribution is 6.10. The molecule has 4 N–H and O–H groups in total. The standard InChI is InChI=1S/C20H16N2O4/c21-13-5-9-15(10-6-13)26-16-11-7-14(8-12-16)22-19(23)17-3-1-2-4-18(17)20(24)25/h1-12H,21H2,(H,22,23)(H,24,25). The predicted octanol–water partition coefficient (Wildman–Crippen LogP) is 4.01. The number of carbonyl (C=O) groups excluding carboxylic acids is 1. The molecule has 0 saturated carbocycles. The molecule has 130 valence electrons. The molecule has 0 fully saturated rings. The molecule has 6 heteroatoms.